The first-order chi connectivity index (χ1) is 24.3. The topological polar surface area (TPSA) is 51.8 Å². The van der Waals surface area contributed by atoms with Crippen LogP contribution in [0.1, 0.15) is 0 Å². The summed E-state index contributed by atoms with van der Waals surface area (Å²) in [6.07, 6.45) is 0. The van der Waals surface area contributed by atoms with Gasteiger partial charge in [0.2, 0.25) is 0 Å². The second-order valence-electron chi connectivity index (χ2n) is 12.4. The predicted molar refractivity (Wildman–Crippen MR) is 201 cm³/mol. The van der Waals surface area contributed by atoms with Gasteiger partial charge in [0.05, 0.1) is 0 Å². The van der Waals surface area contributed by atoms with Crippen molar-refractivity contribution in [2.24, 2.45) is 0 Å². The maximum absolute atomic E-state index is 6.64. The van der Waals surface area contributed by atoms with E-state index in [1.807, 2.05) is 24.3 Å². The fourth-order valence-electron chi connectivity index (χ4n) is 7.17. The predicted octanol–water partition coefficient (Wildman–Crippen LogP) is 11.9. The molecule has 228 valence electrons. The zero-order chi connectivity index (χ0) is 32.3. The molecule has 0 N–H and O–H groups in total. The van der Waals surface area contributed by atoms with Crippen molar-refractivity contribution in [1.29, 1.82) is 0 Å². The first kappa shape index (κ1) is 27.5. The molecular weight excluding hydrogens is 599 g/mol. The molecule has 0 aliphatic rings. The molecule has 0 unspecified atom stereocenters. The molecule has 0 spiro atoms. The molecule has 0 radical (unpaired) electrons. The largest absolute Gasteiger partial charge is 0.455 e. The van der Waals surface area contributed by atoms with E-state index in [2.05, 4.69) is 140 Å². The summed E-state index contributed by atoms with van der Waals surface area (Å²) in [6.45, 7) is 0. The summed E-state index contributed by atoms with van der Waals surface area (Å²) in [6, 6.07) is 56.8. The van der Waals surface area contributed by atoms with Gasteiger partial charge in [-0.25, -0.2) is 15.0 Å². The van der Waals surface area contributed by atoms with E-state index >= 15 is 0 Å². The summed E-state index contributed by atoms with van der Waals surface area (Å²) >= 11 is 0. The summed E-state index contributed by atoms with van der Waals surface area (Å²) in [5, 5.41) is 8.76. The molecule has 4 nitrogen and oxygen atoms in total. The average molecular weight is 626 g/mol. The molecule has 0 saturated carbocycles. The van der Waals surface area contributed by atoms with Crippen LogP contribution in [0.3, 0.4) is 0 Å². The number of hydrogen-bond acceptors (Lipinski definition) is 4. The van der Waals surface area contributed by atoms with Gasteiger partial charge in [0.1, 0.15) is 11.2 Å². The third-order valence-electron chi connectivity index (χ3n) is 9.50. The number of fused-ring (bicyclic) bond motifs is 8. The van der Waals surface area contributed by atoms with Gasteiger partial charge in [0.25, 0.3) is 0 Å². The summed E-state index contributed by atoms with van der Waals surface area (Å²) in [5.74, 6) is 1.89. The van der Waals surface area contributed by atoms with Crippen LogP contribution < -0.4 is 0 Å². The molecule has 0 bridgehead atoms. The van der Waals surface area contributed by atoms with E-state index in [4.69, 9.17) is 19.4 Å². The Bertz CT molecular complexity index is 2880. The molecule has 8 aromatic carbocycles. The summed E-state index contributed by atoms with van der Waals surface area (Å²) < 4.78 is 6.64. The van der Waals surface area contributed by atoms with Crippen molar-refractivity contribution in [2.45, 2.75) is 0 Å². The van der Waals surface area contributed by atoms with E-state index < -0.39 is 0 Å². The fourth-order valence-corrected chi connectivity index (χ4v) is 7.17. The molecule has 2 heterocycles. The lowest BCUT2D eigenvalue weighted by molar-refractivity contribution is 0.673. The molecule has 49 heavy (non-hydrogen) atoms. The van der Waals surface area contributed by atoms with Crippen molar-refractivity contribution in [2.75, 3.05) is 0 Å². The first-order valence-electron chi connectivity index (χ1n) is 16.4. The monoisotopic (exact) mass is 625 g/mol. The SMILES string of the molecule is c1ccc(-c2ccc3c(c2)oc2c4ccccc4c(-c4nc(-c5ccccc5)nc(-c5cc6ccccc6c6ccccc56)n4)cc32)cc1. The van der Waals surface area contributed by atoms with Crippen LogP contribution in [0.2, 0.25) is 0 Å². The molecule has 2 aromatic heterocycles. The highest BCUT2D eigenvalue weighted by molar-refractivity contribution is 6.19. The zero-order valence-corrected chi connectivity index (χ0v) is 26.3. The summed E-state index contributed by atoms with van der Waals surface area (Å²) in [5.41, 5.74) is 6.83. The van der Waals surface area contributed by atoms with E-state index in [0.717, 1.165) is 71.3 Å². The van der Waals surface area contributed by atoms with E-state index in [-0.39, 0.29) is 0 Å². The molecule has 0 amide bonds. The molecular formula is C45H27N3O. The fraction of sp³-hybridized carbons (Fsp3) is 0. The van der Waals surface area contributed by atoms with Crippen LogP contribution in [0.15, 0.2) is 168 Å². The van der Waals surface area contributed by atoms with Crippen LogP contribution in [0.5, 0.6) is 0 Å². The van der Waals surface area contributed by atoms with Gasteiger partial charge < -0.3 is 4.42 Å². The summed E-state index contributed by atoms with van der Waals surface area (Å²) in [7, 11) is 0. The number of hydrogen-bond donors (Lipinski definition) is 0. The molecule has 0 fully saturated rings. The van der Waals surface area contributed by atoms with Crippen molar-refractivity contribution in [1.82, 2.24) is 15.0 Å². The number of benzene rings is 8. The minimum atomic E-state index is 0.620. The first-order valence-corrected chi connectivity index (χ1v) is 16.4. The average Bonchev–Trinajstić information content (AvgIpc) is 3.56. The van der Waals surface area contributed by atoms with Crippen molar-refractivity contribution >= 4 is 54.3 Å². The Hall–Kier alpha value is -6.65. The second-order valence-corrected chi connectivity index (χ2v) is 12.4. The molecule has 0 saturated heterocycles. The zero-order valence-electron chi connectivity index (χ0n) is 26.3. The minimum Gasteiger partial charge on any atom is -0.455 e. The van der Waals surface area contributed by atoms with Gasteiger partial charge in [-0.1, -0.05) is 140 Å². The van der Waals surface area contributed by atoms with Crippen molar-refractivity contribution in [3.8, 4) is 45.3 Å². The summed E-state index contributed by atoms with van der Waals surface area (Å²) in [4.78, 5) is 15.6. The van der Waals surface area contributed by atoms with Gasteiger partial charge in [-0.2, -0.15) is 0 Å². The normalized spacial score (nSPS) is 11.7. The highest BCUT2D eigenvalue weighted by atomic mass is 16.3. The van der Waals surface area contributed by atoms with Gasteiger partial charge in [-0.05, 0) is 62.3 Å². The smallest absolute Gasteiger partial charge is 0.164 e. The van der Waals surface area contributed by atoms with Crippen LogP contribution >= 0.6 is 0 Å². The van der Waals surface area contributed by atoms with E-state index in [1.165, 1.54) is 10.8 Å². The molecule has 10 aromatic rings. The Labute approximate surface area is 282 Å². The van der Waals surface area contributed by atoms with E-state index in [9.17, 15) is 0 Å². The lowest BCUT2D eigenvalue weighted by Gasteiger charge is -2.13. The minimum absolute atomic E-state index is 0.620. The van der Waals surface area contributed by atoms with Gasteiger partial charge >= 0.3 is 0 Å². The second kappa shape index (κ2) is 11.0. The third-order valence-corrected chi connectivity index (χ3v) is 9.50. The Kier molecular flexibility index (Phi) is 6.15. The lowest BCUT2D eigenvalue weighted by Crippen LogP contribution is -2.01. The quantitative estimate of drug-likeness (QED) is 0.183. The number of aromatic nitrogens is 3. The van der Waals surface area contributed by atoms with Crippen LogP contribution in [-0.2, 0) is 0 Å². The third kappa shape index (κ3) is 4.49. The maximum atomic E-state index is 6.64. The van der Waals surface area contributed by atoms with E-state index in [0.29, 0.717) is 17.5 Å². The number of rotatable bonds is 4. The maximum Gasteiger partial charge on any atom is 0.164 e. The van der Waals surface area contributed by atoms with Crippen LogP contribution in [-0.4, -0.2) is 15.0 Å². The molecule has 10 rings (SSSR count). The Morgan fingerprint density at radius 1 is 0.327 bits per heavy atom. The van der Waals surface area contributed by atoms with Crippen molar-refractivity contribution in [3.05, 3.63) is 164 Å². The highest BCUT2D eigenvalue weighted by Crippen LogP contribution is 2.41. The van der Waals surface area contributed by atoms with Gasteiger partial charge in [0.15, 0.2) is 17.5 Å². The Morgan fingerprint density at radius 2 is 0.878 bits per heavy atom. The number of furan rings is 1. The Morgan fingerprint density at radius 3 is 1.61 bits per heavy atom. The molecule has 0 aliphatic carbocycles. The van der Waals surface area contributed by atoms with Crippen LogP contribution in [0.4, 0.5) is 0 Å². The number of nitrogens with zero attached hydrogens (tertiary/aromatic N) is 3. The lowest BCUT2D eigenvalue weighted by atomic mass is 9.96. The molecule has 4 heteroatoms. The van der Waals surface area contributed by atoms with Crippen LogP contribution in [0.25, 0.3) is 99.5 Å². The molecule has 0 atom stereocenters. The van der Waals surface area contributed by atoms with Gasteiger partial charge in [0, 0.05) is 32.8 Å². The van der Waals surface area contributed by atoms with Gasteiger partial charge in [-0.15, -0.1) is 0 Å². The van der Waals surface area contributed by atoms with Crippen LogP contribution in [0, 0.1) is 0 Å². The van der Waals surface area contributed by atoms with Crippen molar-refractivity contribution in [3.63, 3.8) is 0 Å². The van der Waals surface area contributed by atoms with Crippen molar-refractivity contribution < 1.29 is 4.42 Å². The highest BCUT2D eigenvalue weighted by Gasteiger charge is 2.20. The molecule has 0 aliphatic heterocycles. The Balaban J connectivity index is 1.26. The standard InChI is InChI=1S/C45H27N3O/c1-3-13-28(14-4-1)30-23-24-36-38-27-40(35-21-11-12-22-37(35)42(38)49-41(36)26-30)45-47-43(29-15-5-2-6-16-29)46-44(48-45)39-25-31-17-7-8-18-32(31)33-19-9-10-20-34(33)39/h1-27H. The van der Waals surface area contributed by atoms with Gasteiger partial charge in [-0.3, -0.25) is 0 Å². The van der Waals surface area contributed by atoms with E-state index in [1.54, 1.807) is 0 Å².